The van der Waals surface area contributed by atoms with Crippen LogP contribution in [0.5, 0.6) is 0 Å². The van der Waals surface area contributed by atoms with E-state index in [9.17, 15) is 0 Å². The summed E-state index contributed by atoms with van der Waals surface area (Å²) in [5.74, 6) is 0. The molecule has 0 spiro atoms. The first-order chi connectivity index (χ1) is 10.7. The van der Waals surface area contributed by atoms with Gasteiger partial charge in [0.1, 0.15) is 0 Å². The minimum absolute atomic E-state index is 0.0162. The highest BCUT2D eigenvalue weighted by molar-refractivity contribution is 5.90. The fourth-order valence-corrected chi connectivity index (χ4v) is 1.49. The normalized spacial score (nSPS) is 13.4. The van der Waals surface area contributed by atoms with Crippen molar-refractivity contribution < 1.29 is 10.2 Å². The van der Waals surface area contributed by atoms with Gasteiger partial charge < -0.3 is 15.6 Å². The standard InChI is InChI=1S/C11H19N.C9H16O.CH4O/c1-8(2)11(5,6)9(3)7-10(4)12;1-6(2)7(3)8(4)9(5)10;1-2/h7,12H,1H2,2-6H3;9-10H,1H2,2-5H3;2H,1H3/b9-7+,12-10?;8-7-;. The summed E-state index contributed by atoms with van der Waals surface area (Å²) in [5.41, 5.74) is 6.09. The number of allylic oxidation sites excluding steroid dienone is 5. The average Bonchev–Trinajstić information content (AvgIpc) is 2.47. The maximum Gasteiger partial charge on any atom is 0.0724 e. The number of rotatable bonds is 5. The topological polar surface area (TPSA) is 64.3 Å². The molecule has 0 aromatic heterocycles. The smallest absolute Gasteiger partial charge is 0.0724 e. The Balaban J connectivity index is -0.000000337. The quantitative estimate of drug-likeness (QED) is 0.354. The van der Waals surface area contributed by atoms with E-state index in [4.69, 9.17) is 15.6 Å². The van der Waals surface area contributed by atoms with Crippen LogP contribution >= 0.6 is 0 Å². The third-order valence-corrected chi connectivity index (χ3v) is 4.34. The molecule has 3 nitrogen and oxygen atoms in total. The lowest BCUT2D eigenvalue weighted by Crippen LogP contribution is -2.14. The summed E-state index contributed by atoms with van der Waals surface area (Å²) in [4.78, 5) is 0. The maximum atomic E-state index is 9.14. The molecule has 0 aliphatic heterocycles. The van der Waals surface area contributed by atoms with Crippen molar-refractivity contribution in [3.8, 4) is 0 Å². The zero-order valence-electron chi connectivity index (χ0n) is 17.5. The van der Waals surface area contributed by atoms with Gasteiger partial charge in [-0.1, -0.05) is 43.7 Å². The number of aliphatic hydroxyl groups is 2. The molecule has 0 aliphatic carbocycles. The van der Waals surface area contributed by atoms with Crippen molar-refractivity contribution in [3.63, 3.8) is 0 Å². The van der Waals surface area contributed by atoms with Crippen LogP contribution in [0.25, 0.3) is 0 Å². The Labute approximate surface area is 150 Å². The molecular weight excluding hydrogens is 298 g/mol. The number of aliphatic hydroxyl groups excluding tert-OH is 2. The molecule has 0 saturated heterocycles. The highest BCUT2D eigenvalue weighted by Gasteiger charge is 2.20. The van der Waals surface area contributed by atoms with E-state index in [1.165, 1.54) is 5.57 Å². The van der Waals surface area contributed by atoms with Crippen molar-refractivity contribution in [1.29, 1.82) is 5.41 Å². The fraction of sp³-hybridized carbons (Fsp3) is 0.571. The van der Waals surface area contributed by atoms with E-state index >= 15 is 0 Å². The van der Waals surface area contributed by atoms with E-state index in [1.54, 1.807) is 13.8 Å². The largest absolute Gasteiger partial charge is 0.400 e. The minimum Gasteiger partial charge on any atom is -0.400 e. The summed E-state index contributed by atoms with van der Waals surface area (Å²) in [7, 11) is 1.00. The fourth-order valence-electron chi connectivity index (χ4n) is 1.49. The molecule has 3 N–H and O–H groups in total. The van der Waals surface area contributed by atoms with Gasteiger partial charge >= 0.3 is 0 Å². The Morgan fingerprint density at radius 2 is 1.38 bits per heavy atom. The SMILES string of the molecule is C=C(C)/C(C)=C(/C)C(C)O.C=C(C)C(C)(C)/C(C)=C/C(C)=N.CO. The second kappa shape index (κ2) is 12.9. The van der Waals surface area contributed by atoms with Crippen LogP contribution in [0.15, 0.2) is 47.1 Å². The molecule has 24 heavy (non-hydrogen) atoms. The van der Waals surface area contributed by atoms with E-state index in [0.29, 0.717) is 5.71 Å². The lowest BCUT2D eigenvalue weighted by Gasteiger charge is -2.26. The zero-order valence-corrected chi connectivity index (χ0v) is 17.5. The molecular formula is C21H39NO2. The molecule has 0 aliphatic rings. The summed E-state index contributed by atoms with van der Waals surface area (Å²) in [6.45, 7) is 25.5. The second-order valence-electron chi connectivity index (χ2n) is 6.68. The highest BCUT2D eigenvalue weighted by atomic mass is 16.3. The third kappa shape index (κ3) is 11.1. The van der Waals surface area contributed by atoms with Crippen LogP contribution in [0.3, 0.4) is 0 Å². The van der Waals surface area contributed by atoms with Gasteiger partial charge in [-0.25, -0.2) is 0 Å². The monoisotopic (exact) mass is 337 g/mol. The van der Waals surface area contributed by atoms with E-state index in [-0.39, 0.29) is 11.5 Å². The first kappa shape index (κ1) is 27.4. The predicted octanol–water partition coefficient (Wildman–Crippen LogP) is 5.46. The van der Waals surface area contributed by atoms with Gasteiger partial charge in [-0.05, 0) is 65.7 Å². The van der Waals surface area contributed by atoms with Crippen LogP contribution in [0.4, 0.5) is 0 Å². The van der Waals surface area contributed by atoms with Crippen molar-refractivity contribution in [2.24, 2.45) is 5.41 Å². The lowest BCUT2D eigenvalue weighted by molar-refractivity contribution is 0.230. The minimum atomic E-state index is -0.350. The molecule has 1 unspecified atom stereocenters. The maximum absolute atomic E-state index is 9.14. The van der Waals surface area contributed by atoms with Crippen LogP contribution in [-0.2, 0) is 0 Å². The van der Waals surface area contributed by atoms with E-state index in [0.717, 1.165) is 29.4 Å². The summed E-state index contributed by atoms with van der Waals surface area (Å²) >= 11 is 0. The molecule has 0 bridgehead atoms. The molecule has 0 saturated carbocycles. The molecule has 0 radical (unpaired) electrons. The Morgan fingerprint density at radius 1 is 1.00 bits per heavy atom. The van der Waals surface area contributed by atoms with Crippen LogP contribution in [0.1, 0.15) is 62.3 Å². The van der Waals surface area contributed by atoms with Gasteiger partial charge in [-0.15, -0.1) is 0 Å². The molecule has 140 valence electrons. The number of hydrogen-bond donors (Lipinski definition) is 3. The summed E-state index contributed by atoms with van der Waals surface area (Å²) < 4.78 is 0. The Kier molecular flexibility index (Phi) is 14.7. The molecule has 0 aromatic carbocycles. The molecule has 0 aromatic rings. The van der Waals surface area contributed by atoms with E-state index < -0.39 is 0 Å². The predicted molar refractivity (Wildman–Crippen MR) is 109 cm³/mol. The number of nitrogens with one attached hydrogen (secondary N) is 1. The van der Waals surface area contributed by atoms with Crippen molar-refractivity contribution >= 4 is 5.71 Å². The molecule has 0 heterocycles. The van der Waals surface area contributed by atoms with Gasteiger partial charge in [0.05, 0.1) is 6.10 Å². The summed E-state index contributed by atoms with van der Waals surface area (Å²) in [6, 6.07) is 0. The highest BCUT2D eigenvalue weighted by Crippen LogP contribution is 2.32. The Morgan fingerprint density at radius 3 is 1.54 bits per heavy atom. The Hall–Kier alpha value is -1.45. The molecule has 0 rings (SSSR count). The zero-order chi connectivity index (χ0) is 20.2. The second-order valence-corrected chi connectivity index (χ2v) is 6.68. The van der Waals surface area contributed by atoms with Crippen LogP contribution in [-0.4, -0.2) is 29.1 Å². The van der Waals surface area contributed by atoms with Crippen molar-refractivity contribution in [1.82, 2.24) is 0 Å². The molecule has 1 atom stereocenters. The summed E-state index contributed by atoms with van der Waals surface area (Å²) in [5, 5.41) is 23.5. The van der Waals surface area contributed by atoms with Crippen molar-refractivity contribution in [3.05, 3.63) is 47.1 Å². The van der Waals surface area contributed by atoms with Gasteiger partial charge in [0.25, 0.3) is 0 Å². The Bertz CT molecular complexity index is 492. The number of hydrogen-bond acceptors (Lipinski definition) is 3. The lowest BCUT2D eigenvalue weighted by atomic mass is 9.79. The van der Waals surface area contributed by atoms with Gasteiger partial charge in [0, 0.05) is 18.2 Å². The average molecular weight is 338 g/mol. The third-order valence-electron chi connectivity index (χ3n) is 4.34. The van der Waals surface area contributed by atoms with Crippen LogP contribution in [0.2, 0.25) is 0 Å². The van der Waals surface area contributed by atoms with Crippen molar-refractivity contribution in [2.75, 3.05) is 7.11 Å². The van der Waals surface area contributed by atoms with Gasteiger partial charge in [0.15, 0.2) is 0 Å². The molecule has 3 heteroatoms. The molecule has 0 amide bonds. The first-order valence-electron chi connectivity index (χ1n) is 8.11. The van der Waals surface area contributed by atoms with Gasteiger partial charge in [0.2, 0.25) is 0 Å². The van der Waals surface area contributed by atoms with E-state index in [2.05, 4.69) is 27.0 Å². The first-order valence-corrected chi connectivity index (χ1v) is 8.11. The van der Waals surface area contributed by atoms with Crippen LogP contribution < -0.4 is 0 Å². The van der Waals surface area contributed by atoms with Gasteiger partial charge in [-0.3, -0.25) is 0 Å². The van der Waals surface area contributed by atoms with Crippen molar-refractivity contribution in [2.45, 2.75) is 68.4 Å². The summed E-state index contributed by atoms with van der Waals surface area (Å²) in [6.07, 6.45) is 1.55. The van der Waals surface area contributed by atoms with Crippen LogP contribution in [0, 0.1) is 10.8 Å². The molecule has 0 fully saturated rings. The van der Waals surface area contributed by atoms with E-state index in [1.807, 2.05) is 40.7 Å². The van der Waals surface area contributed by atoms with Gasteiger partial charge in [-0.2, -0.15) is 0 Å².